The van der Waals surface area contributed by atoms with Gasteiger partial charge in [-0.25, -0.2) is 13.8 Å². The molecule has 0 radical (unpaired) electrons. The van der Waals surface area contributed by atoms with Crippen molar-refractivity contribution in [1.29, 1.82) is 0 Å². The highest BCUT2D eigenvalue weighted by Crippen LogP contribution is 2.24. The molecule has 21 heavy (non-hydrogen) atoms. The molecule has 4 rings (SSSR count). The van der Waals surface area contributed by atoms with Gasteiger partial charge in [-0.1, -0.05) is 11.3 Å². The monoisotopic (exact) mass is 305 g/mol. The Morgan fingerprint density at radius 2 is 2.00 bits per heavy atom. The lowest BCUT2D eigenvalue weighted by Crippen LogP contribution is -2.31. The fraction of sp³-hybridized carbons (Fsp3) is 0.143. The van der Waals surface area contributed by atoms with E-state index in [1.807, 2.05) is 11.1 Å². The van der Waals surface area contributed by atoms with Crippen LogP contribution in [0.25, 0.3) is 6.20 Å². The van der Waals surface area contributed by atoms with Crippen molar-refractivity contribution in [3.63, 3.8) is 0 Å². The van der Waals surface area contributed by atoms with Crippen LogP contribution in [0.5, 0.6) is 10.9 Å². The van der Waals surface area contributed by atoms with Gasteiger partial charge in [0.15, 0.2) is 4.67 Å². The maximum Gasteiger partial charge on any atom is 0.281 e. The highest BCUT2D eigenvalue weighted by molar-refractivity contribution is 7.10. The summed E-state index contributed by atoms with van der Waals surface area (Å²) in [5, 5.41) is 1.03. The lowest BCUT2D eigenvalue weighted by molar-refractivity contribution is 0.463. The SMILES string of the molecule is Fc1cc(F)cc(Oc2nc3c(s2)=NC2=CCCN2C=3)c1. The average Bonchev–Trinajstić information content (AvgIpc) is 2.99. The number of fused-ring (bicyclic) bond motifs is 2. The zero-order valence-corrected chi connectivity index (χ0v) is 11.5. The highest BCUT2D eigenvalue weighted by atomic mass is 32.1. The largest absolute Gasteiger partial charge is 0.431 e. The second kappa shape index (κ2) is 4.63. The molecular weight excluding hydrogens is 296 g/mol. The van der Waals surface area contributed by atoms with Crippen LogP contribution in [-0.2, 0) is 0 Å². The van der Waals surface area contributed by atoms with Gasteiger partial charge in [-0.05, 0) is 12.5 Å². The fourth-order valence-corrected chi connectivity index (χ4v) is 3.05. The van der Waals surface area contributed by atoms with Crippen LogP contribution in [0, 0.1) is 11.6 Å². The number of halogens is 2. The van der Waals surface area contributed by atoms with Gasteiger partial charge in [0.1, 0.15) is 28.6 Å². The average molecular weight is 305 g/mol. The Bertz CT molecular complexity index is 855. The number of aromatic nitrogens is 1. The number of nitrogens with zero attached hydrogens (tertiary/aromatic N) is 3. The van der Waals surface area contributed by atoms with Gasteiger partial charge in [-0.15, -0.1) is 0 Å². The third kappa shape index (κ3) is 2.29. The third-order valence-corrected chi connectivity index (χ3v) is 3.98. The van der Waals surface area contributed by atoms with Gasteiger partial charge in [-0.2, -0.15) is 4.98 Å². The van der Waals surface area contributed by atoms with E-state index in [0.717, 1.165) is 41.7 Å². The lowest BCUT2D eigenvalue weighted by Gasteiger charge is -2.14. The molecular formula is C14H9F2N3OS. The van der Waals surface area contributed by atoms with Crippen molar-refractivity contribution in [2.45, 2.75) is 6.42 Å². The summed E-state index contributed by atoms with van der Waals surface area (Å²) in [5.74, 6) is -0.380. The van der Waals surface area contributed by atoms with E-state index >= 15 is 0 Å². The Morgan fingerprint density at radius 1 is 1.19 bits per heavy atom. The smallest absolute Gasteiger partial charge is 0.281 e. The molecule has 0 spiro atoms. The van der Waals surface area contributed by atoms with Crippen molar-refractivity contribution in [2.75, 3.05) is 6.54 Å². The second-order valence-corrected chi connectivity index (χ2v) is 5.60. The van der Waals surface area contributed by atoms with Gasteiger partial charge in [0.05, 0.1) is 0 Å². The zero-order chi connectivity index (χ0) is 14.4. The van der Waals surface area contributed by atoms with Crippen LogP contribution in [0.1, 0.15) is 6.42 Å². The van der Waals surface area contributed by atoms with Crippen molar-refractivity contribution in [1.82, 2.24) is 9.88 Å². The maximum atomic E-state index is 13.1. The number of rotatable bonds is 2. The number of benzene rings is 1. The topological polar surface area (TPSA) is 37.7 Å². The molecule has 2 aliphatic heterocycles. The molecule has 0 atom stereocenters. The third-order valence-electron chi connectivity index (χ3n) is 3.14. The first-order valence-corrected chi connectivity index (χ1v) is 7.17. The summed E-state index contributed by atoms with van der Waals surface area (Å²) in [6.07, 6.45) is 4.94. The molecule has 0 amide bonds. The van der Waals surface area contributed by atoms with Crippen molar-refractivity contribution in [2.24, 2.45) is 4.99 Å². The van der Waals surface area contributed by atoms with E-state index in [-0.39, 0.29) is 5.75 Å². The molecule has 0 N–H and O–H groups in total. The minimum absolute atomic E-state index is 0.0818. The summed E-state index contributed by atoms with van der Waals surface area (Å²) in [6.45, 7) is 0.890. The van der Waals surface area contributed by atoms with Gasteiger partial charge in [0, 0.05) is 30.9 Å². The normalized spacial score (nSPS) is 15.7. The van der Waals surface area contributed by atoms with Crippen LogP contribution < -0.4 is 14.8 Å². The first kappa shape index (κ1) is 12.5. The van der Waals surface area contributed by atoms with Crippen molar-refractivity contribution in [3.8, 4) is 10.9 Å². The van der Waals surface area contributed by atoms with E-state index in [1.54, 1.807) is 0 Å². The molecule has 4 nitrogen and oxygen atoms in total. The summed E-state index contributed by atoms with van der Waals surface area (Å²) >= 11 is 1.25. The summed E-state index contributed by atoms with van der Waals surface area (Å²) in [5.41, 5.74) is 0. The van der Waals surface area contributed by atoms with Crippen LogP contribution in [0.15, 0.2) is 35.1 Å². The second-order valence-electron chi connectivity index (χ2n) is 4.66. The Balaban J connectivity index is 1.71. The fourth-order valence-electron chi connectivity index (χ4n) is 2.26. The molecule has 3 heterocycles. The van der Waals surface area contributed by atoms with E-state index in [0.29, 0.717) is 10.5 Å². The van der Waals surface area contributed by atoms with E-state index in [9.17, 15) is 8.78 Å². The molecule has 0 fully saturated rings. The van der Waals surface area contributed by atoms with Crippen LogP contribution in [0.4, 0.5) is 8.78 Å². The predicted octanol–water partition coefficient (Wildman–Crippen LogP) is 2.13. The first-order chi connectivity index (χ1) is 10.2. The van der Waals surface area contributed by atoms with E-state index in [4.69, 9.17) is 4.74 Å². The molecule has 0 bridgehead atoms. The van der Waals surface area contributed by atoms with Crippen LogP contribution in [-0.4, -0.2) is 16.4 Å². The van der Waals surface area contributed by atoms with Crippen LogP contribution in [0.2, 0.25) is 0 Å². The Hall–Kier alpha value is -2.28. The standard InChI is InChI=1S/C14H9F2N3OS/c15-8-4-9(16)6-10(5-8)20-14-17-11-7-19-3-1-2-12(19)18-13(11)21-14/h2,4-7H,1,3H2. The van der Waals surface area contributed by atoms with Crippen LogP contribution in [0.3, 0.4) is 0 Å². The van der Waals surface area contributed by atoms with Crippen LogP contribution >= 0.6 is 11.3 Å². The summed E-state index contributed by atoms with van der Waals surface area (Å²) in [7, 11) is 0. The Labute approximate surface area is 122 Å². The minimum atomic E-state index is -0.687. The van der Waals surface area contributed by atoms with E-state index < -0.39 is 11.6 Å². The Morgan fingerprint density at radius 3 is 2.81 bits per heavy atom. The molecule has 0 unspecified atom stereocenters. The van der Waals surface area contributed by atoms with Gasteiger partial charge in [-0.3, -0.25) is 0 Å². The quantitative estimate of drug-likeness (QED) is 0.853. The minimum Gasteiger partial charge on any atom is -0.431 e. The van der Waals surface area contributed by atoms with Crippen molar-refractivity contribution < 1.29 is 13.5 Å². The molecule has 1 aromatic heterocycles. The van der Waals surface area contributed by atoms with Gasteiger partial charge in [0.25, 0.3) is 5.19 Å². The summed E-state index contributed by atoms with van der Waals surface area (Å²) < 4.78 is 32.4. The maximum absolute atomic E-state index is 13.1. The van der Waals surface area contributed by atoms with Crippen molar-refractivity contribution in [3.05, 3.63) is 51.8 Å². The molecule has 1 aromatic carbocycles. The van der Waals surface area contributed by atoms with Gasteiger partial charge in [0.2, 0.25) is 0 Å². The molecule has 7 heteroatoms. The van der Waals surface area contributed by atoms with Gasteiger partial charge < -0.3 is 9.64 Å². The van der Waals surface area contributed by atoms with Gasteiger partial charge >= 0.3 is 0 Å². The Kier molecular flexibility index (Phi) is 2.75. The van der Waals surface area contributed by atoms with E-state index in [2.05, 4.69) is 16.1 Å². The summed E-state index contributed by atoms with van der Waals surface area (Å²) in [4.78, 5) is 10.8. The highest BCUT2D eigenvalue weighted by Gasteiger charge is 2.17. The number of hydrogen-bond acceptors (Lipinski definition) is 5. The van der Waals surface area contributed by atoms with E-state index in [1.165, 1.54) is 11.3 Å². The molecule has 2 aliphatic rings. The molecule has 0 aliphatic carbocycles. The summed E-state index contributed by atoms with van der Waals surface area (Å²) in [6, 6.07) is 3.03. The molecule has 0 saturated heterocycles. The number of hydrogen-bond donors (Lipinski definition) is 0. The lowest BCUT2D eigenvalue weighted by atomic mass is 10.3. The van der Waals surface area contributed by atoms with Crippen molar-refractivity contribution >= 4 is 17.5 Å². The first-order valence-electron chi connectivity index (χ1n) is 6.35. The molecule has 2 aromatic rings. The number of thiazole rings is 1. The number of ether oxygens (including phenoxy) is 1. The zero-order valence-electron chi connectivity index (χ0n) is 10.7. The predicted molar refractivity (Wildman–Crippen MR) is 73.2 cm³/mol. The molecule has 0 saturated carbocycles. The molecule has 106 valence electrons.